The summed E-state index contributed by atoms with van der Waals surface area (Å²) in [5.41, 5.74) is 0.457. The zero-order valence-corrected chi connectivity index (χ0v) is 9.91. The first kappa shape index (κ1) is 11.3. The van der Waals surface area contributed by atoms with Gasteiger partial charge in [-0.05, 0) is 23.8 Å². The van der Waals surface area contributed by atoms with Crippen LogP contribution in [0, 0.1) is 5.82 Å². The molecule has 5 heteroatoms. The highest BCUT2D eigenvalue weighted by Gasteiger charge is 2.13. The largest absolute Gasteiger partial charge is 0.385 e. The quantitative estimate of drug-likeness (QED) is 0.910. The Labute approximate surface area is 100 Å². The number of hydrogen-bond donors (Lipinski definition) is 2. The van der Waals surface area contributed by atoms with Crippen LogP contribution in [0.15, 0.2) is 35.1 Å². The lowest BCUT2D eigenvalue weighted by Gasteiger charge is -2.09. The number of halogens is 2. The molecular formula is C11H10BrFN2O. The highest BCUT2D eigenvalue weighted by molar-refractivity contribution is 9.10. The van der Waals surface area contributed by atoms with Gasteiger partial charge in [-0.2, -0.15) is 0 Å². The summed E-state index contributed by atoms with van der Waals surface area (Å²) < 4.78 is 14.2. The van der Waals surface area contributed by atoms with Crippen LogP contribution in [0.3, 0.4) is 0 Å². The third kappa shape index (κ3) is 2.48. The van der Waals surface area contributed by atoms with Gasteiger partial charge in [-0.25, -0.2) is 9.37 Å². The molecule has 2 rings (SSSR count). The molecule has 84 valence electrons. The van der Waals surface area contributed by atoms with E-state index >= 15 is 0 Å². The van der Waals surface area contributed by atoms with E-state index in [9.17, 15) is 9.50 Å². The van der Waals surface area contributed by atoms with Crippen molar-refractivity contribution < 1.29 is 9.50 Å². The van der Waals surface area contributed by atoms with Crippen molar-refractivity contribution in [3.8, 4) is 0 Å². The van der Waals surface area contributed by atoms with Gasteiger partial charge >= 0.3 is 0 Å². The number of nitrogens with zero attached hydrogens (tertiary/aromatic N) is 1. The van der Waals surface area contributed by atoms with Gasteiger partial charge in [0.05, 0.1) is 0 Å². The van der Waals surface area contributed by atoms with Gasteiger partial charge in [0.2, 0.25) is 0 Å². The molecule has 1 aromatic heterocycles. The Morgan fingerprint density at radius 3 is 3.00 bits per heavy atom. The van der Waals surface area contributed by atoms with Gasteiger partial charge in [-0.15, -0.1) is 0 Å². The number of aliphatic hydroxyl groups is 1. The molecule has 1 atom stereocenters. The Morgan fingerprint density at radius 2 is 2.31 bits per heavy atom. The maximum absolute atomic E-state index is 13.4. The van der Waals surface area contributed by atoms with Crippen molar-refractivity contribution in [2.45, 2.75) is 12.5 Å². The second kappa shape index (κ2) is 4.76. The van der Waals surface area contributed by atoms with E-state index in [-0.39, 0.29) is 12.2 Å². The maximum atomic E-state index is 13.4. The first-order chi connectivity index (χ1) is 7.66. The third-order valence-electron chi connectivity index (χ3n) is 2.26. The van der Waals surface area contributed by atoms with Crippen LogP contribution in [0.2, 0.25) is 0 Å². The second-order valence-corrected chi connectivity index (χ2v) is 4.35. The predicted molar refractivity (Wildman–Crippen MR) is 61.4 cm³/mol. The molecule has 0 fully saturated rings. The minimum Gasteiger partial charge on any atom is -0.385 e. The highest BCUT2D eigenvalue weighted by Crippen LogP contribution is 2.20. The molecule has 1 unspecified atom stereocenters. The van der Waals surface area contributed by atoms with E-state index in [1.54, 1.807) is 24.5 Å². The van der Waals surface area contributed by atoms with E-state index < -0.39 is 6.10 Å². The summed E-state index contributed by atoms with van der Waals surface area (Å²) in [6, 6.07) is 4.65. The van der Waals surface area contributed by atoms with Gasteiger partial charge in [-0.3, -0.25) is 0 Å². The second-order valence-electron chi connectivity index (χ2n) is 3.43. The van der Waals surface area contributed by atoms with Crippen LogP contribution in [-0.4, -0.2) is 15.1 Å². The lowest BCUT2D eigenvalue weighted by molar-refractivity contribution is 0.168. The normalized spacial score (nSPS) is 12.7. The first-order valence-electron chi connectivity index (χ1n) is 4.78. The van der Waals surface area contributed by atoms with Crippen LogP contribution in [0.1, 0.15) is 17.5 Å². The highest BCUT2D eigenvalue weighted by atomic mass is 79.9. The third-order valence-corrected chi connectivity index (χ3v) is 2.75. The van der Waals surface area contributed by atoms with E-state index in [1.165, 1.54) is 6.07 Å². The lowest BCUT2D eigenvalue weighted by atomic mass is 10.1. The zero-order chi connectivity index (χ0) is 11.5. The summed E-state index contributed by atoms with van der Waals surface area (Å²) in [5, 5.41) is 9.80. The molecule has 1 aromatic carbocycles. The molecule has 0 amide bonds. The van der Waals surface area contributed by atoms with Crippen LogP contribution in [0.4, 0.5) is 4.39 Å². The van der Waals surface area contributed by atoms with Crippen molar-refractivity contribution in [1.29, 1.82) is 0 Å². The molecule has 0 aliphatic heterocycles. The Kier molecular flexibility index (Phi) is 3.36. The van der Waals surface area contributed by atoms with Gasteiger partial charge < -0.3 is 10.1 Å². The van der Waals surface area contributed by atoms with E-state index in [2.05, 4.69) is 25.9 Å². The molecule has 0 radical (unpaired) electrons. The minimum atomic E-state index is -0.821. The molecule has 1 heterocycles. The topological polar surface area (TPSA) is 48.9 Å². The van der Waals surface area contributed by atoms with E-state index in [0.29, 0.717) is 11.4 Å². The summed E-state index contributed by atoms with van der Waals surface area (Å²) in [6.07, 6.45) is 2.54. The van der Waals surface area contributed by atoms with Crippen molar-refractivity contribution in [3.63, 3.8) is 0 Å². The number of hydrogen-bond acceptors (Lipinski definition) is 2. The summed E-state index contributed by atoms with van der Waals surface area (Å²) >= 11 is 3.26. The molecule has 2 N–H and O–H groups in total. The average molecular weight is 285 g/mol. The van der Waals surface area contributed by atoms with Gasteiger partial charge in [0.25, 0.3) is 0 Å². The fourth-order valence-corrected chi connectivity index (χ4v) is 1.87. The van der Waals surface area contributed by atoms with Crippen LogP contribution < -0.4 is 0 Å². The molecule has 0 saturated heterocycles. The van der Waals surface area contributed by atoms with Crippen molar-refractivity contribution in [2.75, 3.05) is 0 Å². The van der Waals surface area contributed by atoms with E-state index in [4.69, 9.17) is 0 Å². The van der Waals surface area contributed by atoms with Crippen LogP contribution in [0.25, 0.3) is 0 Å². The number of benzene rings is 1. The smallest absolute Gasteiger partial charge is 0.135 e. The van der Waals surface area contributed by atoms with Crippen molar-refractivity contribution >= 4 is 15.9 Å². The van der Waals surface area contributed by atoms with Crippen molar-refractivity contribution in [2.24, 2.45) is 0 Å². The molecule has 0 saturated carbocycles. The number of imidazole rings is 1. The Hall–Kier alpha value is -1.20. The SMILES string of the molecule is OC(Cc1cc(Br)ccc1F)c1ncc[nH]1. The Morgan fingerprint density at radius 1 is 1.50 bits per heavy atom. The molecule has 0 spiro atoms. The first-order valence-corrected chi connectivity index (χ1v) is 5.57. The molecule has 0 aliphatic rings. The van der Waals surface area contributed by atoms with E-state index in [1.807, 2.05) is 0 Å². The van der Waals surface area contributed by atoms with Gasteiger partial charge in [0.15, 0.2) is 0 Å². The summed E-state index contributed by atoms with van der Waals surface area (Å²) in [5.74, 6) is 0.119. The predicted octanol–water partition coefficient (Wildman–Crippen LogP) is 2.59. The van der Waals surface area contributed by atoms with Crippen LogP contribution in [-0.2, 0) is 6.42 Å². The van der Waals surface area contributed by atoms with Gasteiger partial charge in [0, 0.05) is 23.3 Å². The fourth-order valence-electron chi connectivity index (χ4n) is 1.46. The van der Waals surface area contributed by atoms with Crippen LogP contribution in [0.5, 0.6) is 0 Å². The van der Waals surface area contributed by atoms with Crippen molar-refractivity contribution in [3.05, 3.63) is 52.3 Å². The fraction of sp³-hybridized carbons (Fsp3) is 0.182. The Bertz CT molecular complexity index is 473. The number of aromatic nitrogens is 2. The monoisotopic (exact) mass is 284 g/mol. The number of H-pyrrole nitrogens is 1. The van der Waals surface area contributed by atoms with Crippen LogP contribution >= 0.6 is 15.9 Å². The zero-order valence-electron chi connectivity index (χ0n) is 8.32. The molecular weight excluding hydrogens is 275 g/mol. The van der Waals surface area contributed by atoms with E-state index in [0.717, 1.165) is 4.47 Å². The van der Waals surface area contributed by atoms with Gasteiger partial charge in [-0.1, -0.05) is 15.9 Å². The molecule has 0 aliphatic carbocycles. The number of aliphatic hydroxyl groups excluding tert-OH is 1. The summed E-state index contributed by atoms with van der Waals surface area (Å²) in [4.78, 5) is 6.72. The maximum Gasteiger partial charge on any atom is 0.135 e. The number of rotatable bonds is 3. The molecule has 0 bridgehead atoms. The molecule has 16 heavy (non-hydrogen) atoms. The summed E-state index contributed by atoms with van der Waals surface area (Å²) in [7, 11) is 0. The Balaban J connectivity index is 2.17. The summed E-state index contributed by atoms with van der Waals surface area (Å²) in [6.45, 7) is 0. The number of nitrogens with one attached hydrogen (secondary N) is 1. The lowest BCUT2D eigenvalue weighted by Crippen LogP contribution is -2.05. The average Bonchev–Trinajstić information content (AvgIpc) is 2.76. The molecule has 3 nitrogen and oxygen atoms in total. The standard InChI is InChI=1S/C11H10BrFN2O/c12-8-1-2-9(13)7(5-8)6-10(16)11-14-3-4-15-11/h1-5,10,16H,6H2,(H,14,15). The molecule has 2 aromatic rings. The number of aromatic amines is 1. The van der Waals surface area contributed by atoms with Gasteiger partial charge in [0.1, 0.15) is 17.7 Å². The van der Waals surface area contributed by atoms with Crippen molar-refractivity contribution in [1.82, 2.24) is 9.97 Å². The minimum absolute atomic E-state index is 0.193.